The molecule has 0 spiro atoms. The van der Waals surface area contributed by atoms with E-state index in [9.17, 15) is 26.4 Å². The number of nitrogens with one attached hydrogen (secondary N) is 1. The third kappa shape index (κ3) is 6.43. The zero-order chi connectivity index (χ0) is 24.7. The van der Waals surface area contributed by atoms with Gasteiger partial charge in [0.25, 0.3) is 0 Å². The predicted octanol–water partition coefficient (Wildman–Crippen LogP) is 4.33. The Kier molecular flexibility index (Phi) is 8.04. The number of alkyl halides is 2. The molecule has 0 unspecified atom stereocenters. The second kappa shape index (κ2) is 11.0. The summed E-state index contributed by atoms with van der Waals surface area (Å²) in [5.74, 6) is -4.71. The highest BCUT2D eigenvalue weighted by Gasteiger charge is 2.29. The van der Waals surface area contributed by atoms with Crippen LogP contribution in [0.2, 0.25) is 0 Å². The largest absolute Gasteiger partial charge is 0.341 e. The predicted molar refractivity (Wildman–Crippen MR) is 120 cm³/mol. The monoisotopic (exact) mass is 487 g/mol. The minimum Gasteiger partial charge on any atom is -0.324 e. The molecule has 0 aromatic heterocycles. The summed E-state index contributed by atoms with van der Waals surface area (Å²) >= 11 is 0. The molecule has 0 radical (unpaired) electrons. The maximum atomic E-state index is 13.7. The molecule has 0 aliphatic carbocycles. The van der Waals surface area contributed by atoms with Crippen LogP contribution < -0.4 is 5.32 Å². The maximum Gasteiger partial charge on any atom is 0.341 e. The molecule has 34 heavy (non-hydrogen) atoms. The molecule has 0 aliphatic rings. The molecule has 0 fully saturated rings. The summed E-state index contributed by atoms with van der Waals surface area (Å²) in [6, 6.07) is 19.5. The molecule has 0 saturated carbocycles. The van der Waals surface area contributed by atoms with Crippen molar-refractivity contribution in [2.45, 2.75) is 23.7 Å². The van der Waals surface area contributed by atoms with Crippen LogP contribution >= 0.6 is 0 Å². The van der Waals surface area contributed by atoms with E-state index in [-0.39, 0.29) is 25.3 Å². The average Bonchev–Trinajstić information content (AvgIpc) is 2.79. The van der Waals surface area contributed by atoms with E-state index in [2.05, 4.69) is 5.32 Å². The number of sulfone groups is 1. The van der Waals surface area contributed by atoms with Crippen LogP contribution in [0, 0.1) is 17.1 Å². The fourth-order valence-corrected chi connectivity index (χ4v) is 4.20. The fraction of sp³-hybridized carbons (Fsp3) is 0.167. The van der Waals surface area contributed by atoms with Gasteiger partial charge in [-0.25, -0.2) is 12.8 Å². The summed E-state index contributed by atoms with van der Waals surface area (Å²) in [5, 5.41) is 11.4. The summed E-state index contributed by atoms with van der Waals surface area (Å²) < 4.78 is 63.6. The highest BCUT2D eigenvalue weighted by molar-refractivity contribution is 7.91. The molecular formula is C24H20F3N3O3S. The van der Waals surface area contributed by atoms with E-state index in [4.69, 9.17) is 5.26 Å². The second-order valence-electron chi connectivity index (χ2n) is 7.43. The molecule has 1 N–H and O–H groups in total. The number of nitrogens with zero attached hydrogens (tertiary/aromatic N) is 2. The van der Waals surface area contributed by atoms with Crippen LogP contribution in [0.5, 0.6) is 0 Å². The van der Waals surface area contributed by atoms with Crippen molar-refractivity contribution in [3.8, 4) is 6.07 Å². The number of benzene rings is 3. The number of hydrogen-bond donors (Lipinski definition) is 1. The fourth-order valence-electron chi connectivity index (χ4n) is 3.31. The topological polar surface area (TPSA) is 90.3 Å². The number of nitriles is 1. The molecule has 0 bridgehead atoms. The van der Waals surface area contributed by atoms with Crippen molar-refractivity contribution in [2.24, 2.45) is 0 Å². The van der Waals surface area contributed by atoms with Crippen LogP contribution in [0.4, 0.5) is 18.9 Å². The summed E-state index contributed by atoms with van der Waals surface area (Å²) in [7, 11) is -4.92. The van der Waals surface area contributed by atoms with Gasteiger partial charge in [0, 0.05) is 13.1 Å². The molecule has 0 atom stereocenters. The van der Waals surface area contributed by atoms with Crippen LogP contribution in [0.15, 0.2) is 77.7 Å². The third-order valence-corrected chi connectivity index (χ3v) is 6.29. The van der Waals surface area contributed by atoms with Crippen molar-refractivity contribution < 1.29 is 26.4 Å². The first kappa shape index (κ1) is 25.0. The summed E-state index contributed by atoms with van der Waals surface area (Å²) in [5.41, 5.74) is 1.60. The lowest BCUT2D eigenvalue weighted by molar-refractivity contribution is -0.117. The van der Waals surface area contributed by atoms with Gasteiger partial charge in [0.05, 0.1) is 28.8 Å². The van der Waals surface area contributed by atoms with Gasteiger partial charge in [0.1, 0.15) is 5.82 Å². The van der Waals surface area contributed by atoms with E-state index in [1.807, 2.05) is 6.07 Å². The van der Waals surface area contributed by atoms with Gasteiger partial charge >= 0.3 is 5.76 Å². The van der Waals surface area contributed by atoms with E-state index >= 15 is 0 Å². The molecule has 3 rings (SSSR count). The minimum atomic E-state index is -4.92. The highest BCUT2D eigenvalue weighted by Crippen LogP contribution is 2.26. The van der Waals surface area contributed by atoms with Crippen molar-refractivity contribution in [3.05, 3.63) is 95.3 Å². The van der Waals surface area contributed by atoms with Gasteiger partial charge in [-0.05, 0) is 47.5 Å². The van der Waals surface area contributed by atoms with Crippen molar-refractivity contribution in [1.29, 1.82) is 5.26 Å². The van der Waals surface area contributed by atoms with Gasteiger partial charge in [0.15, 0.2) is 0 Å². The molecule has 0 aliphatic heterocycles. The SMILES string of the molecule is N#Cc1ccc(CN(CC(=O)Nc2ccccc2S(=O)(=O)C(F)F)Cc2cccc(F)c2)cc1. The molecule has 0 saturated heterocycles. The van der Waals surface area contributed by atoms with Crippen molar-refractivity contribution in [3.63, 3.8) is 0 Å². The lowest BCUT2D eigenvalue weighted by atomic mass is 10.1. The van der Waals surface area contributed by atoms with E-state index in [0.717, 1.165) is 11.6 Å². The van der Waals surface area contributed by atoms with Gasteiger partial charge in [0.2, 0.25) is 15.7 Å². The van der Waals surface area contributed by atoms with Crippen LogP contribution in [-0.2, 0) is 27.7 Å². The molecule has 10 heteroatoms. The number of amides is 1. The number of anilines is 1. The zero-order valence-corrected chi connectivity index (χ0v) is 18.6. The molecule has 176 valence electrons. The van der Waals surface area contributed by atoms with Crippen molar-refractivity contribution >= 4 is 21.4 Å². The highest BCUT2D eigenvalue weighted by atomic mass is 32.2. The van der Waals surface area contributed by atoms with Crippen LogP contribution in [-0.4, -0.2) is 31.5 Å². The van der Waals surface area contributed by atoms with Gasteiger partial charge in [-0.15, -0.1) is 0 Å². The molecule has 6 nitrogen and oxygen atoms in total. The number of hydrogen-bond acceptors (Lipinski definition) is 5. The zero-order valence-electron chi connectivity index (χ0n) is 17.8. The van der Waals surface area contributed by atoms with Crippen LogP contribution in [0.25, 0.3) is 0 Å². The number of rotatable bonds is 9. The smallest absolute Gasteiger partial charge is 0.324 e. The Morgan fingerprint density at radius 1 is 0.971 bits per heavy atom. The average molecular weight is 488 g/mol. The number of carbonyl (C=O) groups is 1. The number of halogens is 3. The molecule has 1 amide bonds. The summed E-state index contributed by atoms with van der Waals surface area (Å²) in [4.78, 5) is 13.8. The van der Waals surface area contributed by atoms with E-state index in [1.54, 1.807) is 35.2 Å². The van der Waals surface area contributed by atoms with Crippen molar-refractivity contribution in [2.75, 3.05) is 11.9 Å². The maximum absolute atomic E-state index is 13.7. The Balaban J connectivity index is 1.81. The number of carbonyl (C=O) groups excluding carboxylic acids is 1. The Hall–Kier alpha value is -3.68. The number of para-hydroxylation sites is 1. The Morgan fingerprint density at radius 2 is 1.65 bits per heavy atom. The summed E-state index contributed by atoms with van der Waals surface area (Å²) in [6.07, 6.45) is 0. The van der Waals surface area contributed by atoms with Gasteiger partial charge in [-0.1, -0.05) is 36.4 Å². The van der Waals surface area contributed by atoms with Crippen molar-refractivity contribution in [1.82, 2.24) is 4.90 Å². The molecule has 0 heterocycles. The van der Waals surface area contributed by atoms with Crippen LogP contribution in [0.1, 0.15) is 16.7 Å². The molecule has 3 aromatic rings. The first-order valence-corrected chi connectivity index (χ1v) is 11.6. The lowest BCUT2D eigenvalue weighted by Crippen LogP contribution is -2.33. The van der Waals surface area contributed by atoms with E-state index in [0.29, 0.717) is 11.1 Å². The normalized spacial score (nSPS) is 11.4. The van der Waals surface area contributed by atoms with Crippen LogP contribution in [0.3, 0.4) is 0 Å². The Morgan fingerprint density at radius 3 is 2.29 bits per heavy atom. The minimum absolute atomic E-state index is 0.183. The van der Waals surface area contributed by atoms with Gasteiger partial charge in [-0.3, -0.25) is 9.69 Å². The second-order valence-corrected chi connectivity index (χ2v) is 9.32. The Bertz CT molecular complexity index is 1310. The lowest BCUT2D eigenvalue weighted by Gasteiger charge is -2.22. The standard InChI is InChI=1S/C24H20F3N3O3S/c25-20-5-3-4-19(12-20)15-30(14-18-10-8-17(13-28)9-11-18)16-23(31)29-21-6-1-2-7-22(21)34(32,33)24(26)27/h1-12,24H,14-16H2,(H,29,31). The third-order valence-electron chi connectivity index (χ3n) is 4.85. The Labute approximate surface area is 195 Å². The summed E-state index contributed by atoms with van der Waals surface area (Å²) in [6.45, 7) is 0.203. The van der Waals surface area contributed by atoms with E-state index < -0.39 is 32.2 Å². The first-order chi connectivity index (χ1) is 16.2. The quantitative estimate of drug-likeness (QED) is 0.485. The van der Waals surface area contributed by atoms with Gasteiger partial charge < -0.3 is 5.32 Å². The van der Waals surface area contributed by atoms with E-state index in [1.165, 1.54) is 36.4 Å². The molecule has 3 aromatic carbocycles. The first-order valence-electron chi connectivity index (χ1n) is 10.1. The van der Waals surface area contributed by atoms with Gasteiger partial charge in [-0.2, -0.15) is 14.0 Å². The molecular weight excluding hydrogens is 467 g/mol.